The van der Waals surface area contributed by atoms with E-state index in [-0.39, 0.29) is 6.04 Å². The number of anilines is 1. The van der Waals surface area contributed by atoms with Crippen LogP contribution in [0.15, 0.2) is 29.2 Å². The first-order valence-corrected chi connectivity index (χ1v) is 7.21. The Kier molecular flexibility index (Phi) is 4.54. The molecule has 0 saturated carbocycles. The summed E-state index contributed by atoms with van der Waals surface area (Å²) in [6.45, 7) is 3.98. The third-order valence-corrected chi connectivity index (χ3v) is 4.94. The molecule has 0 saturated heterocycles. The van der Waals surface area contributed by atoms with Crippen molar-refractivity contribution in [1.82, 2.24) is 4.31 Å². The fourth-order valence-electron chi connectivity index (χ4n) is 1.81. The first kappa shape index (κ1) is 14.0. The molecule has 0 amide bonds. The van der Waals surface area contributed by atoms with Crippen molar-refractivity contribution in [1.29, 1.82) is 0 Å². The van der Waals surface area contributed by atoms with Crippen LogP contribution in [0.5, 0.6) is 0 Å². The van der Waals surface area contributed by atoms with Gasteiger partial charge in [0.2, 0.25) is 10.0 Å². The number of benzene rings is 1. The first-order chi connectivity index (χ1) is 7.93. The lowest BCUT2D eigenvalue weighted by Gasteiger charge is -2.25. The van der Waals surface area contributed by atoms with Gasteiger partial charge in [-0.2, -0.15) is 4.31 Å². The summed E-state index contributed by atoms with van der Waals surface area (Å²) in [5.41, 5.74) is 6.11. The Morgan fingerprint density at radius 2 is 1.65 bits per heavy atom. The predicted octanol–water partition coefficient (Wildman–Crippen LogP) is 2.08. The maximum absolute atomic E-state index is 12.3. The second-order valence-corrected chi connectivity index (χ2v) is 6.06. The van der Waals surface area contributed by atoms with Crippen molar-refractivity contribution < 1.29 is 8.42 Å². The van der Waals surface area contributed by atoms with Gasteiger partial charge in [0.25, 0.3) is 0 Å². The van der Waals surface area contributed by atoms with Gasteiger partial charge in [0.15, 0.2) is 0 Å². The molecule has 2 N–H and O–H groups in total. The van der Waals surface area contributed by atoms with Gasteiger partial charge in [-0.25, -0.2) is 8.42 Å². The van der Waals surface area contributed by atoms with Crippen molar-refractivity contribution in [3.8, 4) is 0 Å². The van der Waals surface area contributed by atoms with E-state index in [1.807, 2.05) is 13.8 Å². The number of rotatable bonds is 5. The van der Waals surface area contributed by atoms with Crippen LogP contribution in [0, 0.1) is 0 Å². The SMILES string of the molecule is CCC(CC)N(C)S(=O)(=O)c1ccc(N)cc1. The van der Waals surface area contributed by atoms with Crippen molar-refractivity contribution >= 4 is 15.7 Å². The molecule has 0 spiro atoms. The Morgan fingerprint density at radius 3 is 2.06 bits per heavy atom. The molecule has 0 bridgehead atoms. The molecule has 1 aromatic rings. The monoisotopic (exact) mass is 256 g/mol. The van der Waals surface area contributed by atoms with Gasteiger partial charge >= 0.3 is 0 Å². The number of hydrogen-bond donors (Lipinski definition) is 1. The summed E-state index contributed by atoms with van der Waals surface area (Å²) in [7, 11) is -1.77. The smallest absolute Gasteiger partial charge is 0.243 e. The number of nitrogen functional groups attached to an aromatic ring is 1. The van der Waals surface area contributed by atoms with Crippen molar-refractivity contribution in [3.05, 3.63) is 24.3 Å². The van der Waals surface area contributed by atoms with Crippen molar-refractivity contribution in [2.24, 2.45) is 0 Å². The summed E-state index contributed by atoms with van der Waals surface area (Å²) < 4.78 is 26.0. The van der Waals surface area contributed by atoms with Crippen LogP contribution in [0.3, 0.4) is 0 Å². The molecule has 4 nitrogen and oxygen atoms in total. The molecule has 96 valence electrons. The maximum Gasteiger partial charge on any atom is 0.243 e. The Balaban J connectivity index is 3.06. The van der Waals surface area contributed by atoms with Crippen LogP contribution < -0.4 is 5.73 Å². The molecule has 0 aliphatic rings. The minimum atomic E-state index is -3.40. The van der Waals surface area contributed by atoms with E-state index in [0.717, 1.165) is 12.8 Å². The summed E-state index contributed by atoms with van der Waals surface area (Å²) in [6.07, 6.45) is 1.61. The largest absolute Gasteiger partial charge is 0.399 e. The quantitative estimate of drug-likeness (QED) is 0.820. The van der Waals surface area contributed by atoms with E-state index in [0.29, 0.717) is 10.6 Å². The zero-order valence-electron chi connectivity index (χ0n) is 10.6. The molecule has 0 fully saturated rings. The normalized spacial score (nSPS) is 12.3. The van der Waals surface area contributed by atoms with E-state index in [2.05, 4.69) is 0 Å². The minimum absolute atomic E-state index is 0.0394. The molecular formula is C12H20N2O2S. The lowest BCUT2D eigenvalue weighted by atomic mass is 10.2. The van der Waals surface area contributed by atoms with Crippen LogP contribution in [0.25, 0.3) is 0 Å². The Bertz CT molecular complexity index is 450. The molecular weight excluding hydrogens is 236 g/mol. The lowest BCUT2D eigenvalue weighted by molar-refractivity contribution is 0.349. The summed E-state index contributed by atoms with van der Waals surface area (Å²) in [5, 5.41) is 0. The minimum Gasteiger partial charge on any atom is -0.399 e. The van der Waals surface area contributed by atoms with Crippen LogP contribution in [-0.2, 0) is 10.0 Å². The highest BCUT2D eigenvalue weighted by molar-refractivity contribution is 7.89. The molecule has 1 aromatic carbocycles. The fourth-order valence-corrected chi connectivity index (χ4v) is 3.31. The Hall–Kier alpha value is -1.07. The van der Waals surface area contributed by atoms with Crippen molar-refractivity contribution in [2.75, 3.05) is 12.8 Å². The predicted molar refractivity (Wildman–Crippen MR) is 70.2 cm³/mol. The second kappa shape index (κ2) is 5.51. The van der Waals surface area contributed by atoms with E-state index in [4.69, 9.17) is 5.73 Å². The van der Waals surface area contributed by atoms with Gasteiger partial charge in [-0.15, -0.1) is 0 Å². The molecule has 0 unspecified atom stereocenters. The third-order valence-electron chi connectivity index (χ3n) is 3.01. The van der Waals surface area contributed by atoms with Crippen LogP contribution in [0.4, 0.5) is 5.69 Å². The highest BCUT2D eigenvalue weighted by atomic mass is 32.2. The molecule has 0 aliphatic carbocycles. The van der Waals surface area contributed by atoms with Crippen molar-refractivity contribution in [3.63, 3.8) is 0 Å². The Labute approximate surface area is 103 Å². The summed E-state index contributed by atoms with van der Waals surface area (Å²) in [6, 6.07) is 6.34. The fraction of sp³-hybridized carbons (Fsp3) is 0.500. The summed E-state index contributed by atoms with van der Waals surface area (Å²) >= 11 is 0. The summed E-state index contributed by atoms with van der Waals surface area (Å²) in [4.78, 5) is 0.293. The molecule has 0 heterocycles. The highest BCUT2D eigenvalue weighted by Gasteiger charge is 2.25. The Morgan fingerprint density at radius 1 is 1.18 bits per heavy atom. The van der Waals surface area contributed by atoms with E-state index in [1.54, 1.807) is 31.3 Å². The zero-order valence-corrected chi connectivity index (χ0v) is 11.4. The van der Waals surface area contributed by atoms with Gasteiger partial charge in [-0.05, 0) is 37.1 Å². The van der Waals surface area contributed by atoms with Crippen LogP contribution >= 0.6 is 0 Å². The highest BCUT2D eigenvalue weighted by Crippen LogP contribution is 2.20. The lowest BCUT2D eigenvalue weighted by Crippen LogP contribution is -2.36. The number of nitrogens with zero attached hydrogens (tertiary/aromatic N) is 1. The molecule has 0 atom stereocenters. The van der Waals surface area contributed by atoms with Gasteiger partial charge in [0.1, 0.15) is 0 Å². The van der Waals surface area contributed by atoms with Gasteiger partial charge in [-0.1, -0.05) is 13.8 Å². The average molecular weight is 256 g/mol. The molecule has 17 heavy (non-hydrogen) atoms. The van der Waals surface area contributed by atoms with E-state index in [1.165, 1.54) is 4.31 Å². The molecule has 0 aromatic heterocycles. The molecule has 1 rings (SSSR count). The van der Waals surface area contributed by atoms with Crippen molar-refractivity contribution in [2.45, 2.75) is 37.6 Å². The second-order valence-electron chi connectivity index (χ2n) is 4.06. The van der Waals surface area contributed by atoms with E-state index in [9.17, 15) is 8.42 Å². The van der Waals surface area contributed by atoms with Gasteiger partial charge in [0, 0.05) is 18.8 Å². The zero-order chi connectivity index (χ0) is 13.1. The average Bonchev–Trinajstić information content (AvgIpc) is 2.31. The number of hydrogen-bond acceptors (Lipinski definition) is 3. The first-order valence-electron chi connectivity index (χ1n) is 5.77. The van der Waals surface area contributed by atoms with Crippen LogP contribution in [0.1, 0.15) is 26.7 Å². The van der Waals surface area contributed by atoms with Gasteiger partial charge < -0.3 is 5.73 Å². The van der Waals surface area contributed by atoms with Gasteiger partial charge in [0.05, 0.1) is 4.90 Å². The van der Waals surface area contributed by atoms with E-state index < -0.39 is 10.0 Å². The van der Waals surface area contributed by atoms with Crippen LogP contribution in [0.2, 0.25) is 0 Å². The maximum atomic E-state index is 12.3. The summed E-state index contributed by atoms with van der Waals surface area (Å²) in [5.74, 6) is 0. The topological polar surface area (TPSA) is 63.4 Å². The van der Waals surface area contributed by atoms with Crippen LogP contribution in [-0.4, -0.2) is 25.8 Å². The van der Waals surface area contributed by atoms with Gasteiger partial charge in [-0.3, -0.25) is 0 Å². The number of sulfonamides is 1. The molecule has 0 radical (unpaired) electrons. The standard InChI is InChI=1S/C12H20N2O2S/c1-4-11(5-2)14(3)17(15,16)12-8-6-10(13)7-9-12/h6-9,11H,4-5,13H2,1-3H3. The van der Waals surface area contributed by atoms with E-state index >= 15 is 0 Å². The number of nitrogens with two attached hydrogens (primary N) is 1. The molecule has 5 heteroatoms. The third kappa shape index (κ3) is 2.98. The molecule has 0 aliphatic heterocycles.